The first-order valence-corrected chi connectivity index (χ1v) is 9.58. The van der Waals surface area contributed by atoms with E-state index in [1.54, 1.807) is 36.4 Å². The number of rotatable bonds is 5. The summed E-state index contributed by atoms with van der Waals surface area (Å²) in [6, 6.07) is 12.9. The molecule has 138 valence electrons. The van der Waals surface area contributed by atoms with E-state index < -0.39 is 10.0 Å². The van der Waals surface area contributed by atoms with E-state index >= 15 is 0 Å². The highest BCUT2D eigenvalue weighted by molar-refractivity contribution is 7.89. The van der Waals surface area contributed by atoms with Crippen molar-refractivity contribution in [3.8, 4) is 5.75 Å². The van der Waals surface area contributed by atoms with Gasteiger partial charge in [0.05, 0.1) is 25.2 Å². The highest BCUT2D eigenvalue weighted by atomic mass is 32.2. The number of carbonyl (C=O) groups is 1. The number of nitrogens with zero attached hydrogens (tertiary/aromatic N) is 1. The molecule has 7 nitrogen and oxygen atoms in total. The molecule has 0 saturated carbocycles. The number of benzene rings is 2. The molecule has 0 unspecified atom stereocenters. The monoisotopic (exact) mass is 376 g/mol. The fourth-order valence-corrected chi connectivity index (χ4v) is 4.02. The van der Waals surface area contributed by atoms with Crippen LogP contribution in [0.3, 0.4) is 0 Å². The first kappa shape index (κ1) is 18.4. The Kier molecular flexibility index (Phi) is 5.55. The van der Waals surface area contributed by atoms with Crippen LogP contribution in [0.4, 0.5) is 5.69 Å². The molecule has 0 aliphatic carbocycles. The zero-order chi connectivity index (χ0) is 18.6. The van der Waals surface area contributed by atoms with E-state index in [0.29, 0.717) is 43.3 Å². The maximum Gasteiger partial charge on any atom is 0.255 e. The number of amides is 1. The third kappa shape index (κ3) is 4.04. The second kappa shape index (κ2) is 7.86. The minimum atomic E-state index is -3.54. The van der Waals surface area contributed by atoms with Crippen molar-refractivity contribution in [3.05, 3.63) is 54.1 Å². The average Bonchev–Trinajstić information content (AvgIpc) is 2.69. The van der Waals surface area contributed by atoms with Crippen molar-refractivity contribution >= 4 is 21.6 Å². The lowest BCUT2D eigenvalue weighted by molar-refractivity contribution is 0.0730. The Labute approximate surface area is 152 Å². The van der Waals surface area contributed by atoms with Gasteiger partial charge in [-0.2, -0.15) is 4.31 Å². The number of anilines is 1. The van der Waals surface area contributed by atoms with Gasteiger partial charge in [0.15, 0.2) is 0 Å². The maximum absolute atomic E-state index is 12.6. The van der Waals surface area contributed by atoms with Crippen LogP contribution in [0.2, 0.25) is 0 Å². The van der Waals surface area contributed by atoms with Gasteiger partial charge < -0.3 is 14.8 Å². The van der Waals surface area contributed by atoms with Gasteiger partial charge in [-0.25, -0.2) is 8.42 Å². The summed E-state index contributed by atoms with van der Waals surface area (Å²) in [6.07, 6.45) is 0. The molecule has 2 aromatic rings. The quantitative estimate of drug-likeness (QED) is 0.862. The molecule has 3 rings (SSSR count). The largest absolute Gasteiger partial charge is 0.497 e. The van der Waals surface area contributed by atoms with Crippen LogP contribution in [0, 0.1) is 0 Å². The van der Waals surface area contributed by atoms with Gasteiger partial charge in [-0.05, 0) is 42.5 Å². The van der Waals surface area contributed by atoms with Crippen LogP contribution in [0.15, 0.2) is 53.4 Å². The lowest BCUT2D eigenvalue weighted by Crippen LogP contribution is -2.40. The number of hydrogen-bond acceptors (Lipinski definition) is 5. The Bertz CT molecular complexity index is 875. The molecule has 2 aromatic carbocycles. The van der Waals surface area contributed by atoms with Crippen molar-refractivity contribution in [2.45, 2.75) is 4.90 Å². The van der Waals surface area contributed by atoms with Crippen molar-refractivity contribution in [3.63, 3.8) is 0 Å². The molecule has 0 atom stereocenters. The van der Waals surface area contributed by atoms with Crippen molar-refractivity contribution < 1.29 is 22.7 Å². The van der Waals surface area contributed by atoms with Crippen molar-refractivity contribution in [1.82, 2.24) is 4.31 Å². The van der Waals surface area contributed by atoms with Gasteiger partial charge in [-0.3, -0.25) is 4.79 Å². The van der Waals surface area contributed by atoms with Gasteiger partial charge in [0.2, 0.25) is 10.0 Å². The minimum absolute atomic E-state index is 0.193. The lowest BCUT2D eigenvalue weighted by Gasteiger charge is -2.26. The summed E-state index contributed by atoms with van der Waals surface area (Å²) < 4.78 is 36.9. The molecule has 0 aromatic heterocycles. The molecule has 8 heteroatoms. The van der Waals surface area contributed by atoms with E-state index in [1.807, 2.05) is 0 Å². The van der Waals surface area contributed by atoms with Gasteiger partial charge in [0, 0.05) is 24.3 Å². The topological polar surface area (TPSA) is 84.9 Å². The predicted molar refractivity (Wildman–Crippen MR) is 97.0 cm³/mol. The second-order valence-electron chi connectivity index (χ2n) is 5.73. The molecule has 1 N–H and O–H groups in total. The normalized spacial score (nSPS) is 15.4. The standard InChI is InChI=1S/C18H20N2O5S/c1-24-16-4-2-3-14(13-16)18(21)19-15-5-7-17(8-6-15)26(22,23)20-9-11-25-12-10-20/h2-8,13H,9-12H2,1H3,(H,19,21). The number of morpholine rings is 1. The van der Waals surface area contributed by atoms with Crippen LogP contribution in [0.5, 0.6) is 5.75 Å². The summed E-state index contributed by atoms with van der Waals surface area (Å²) in [5.74, 6) is 0.289. The Morgan fingerprint density at radius 3 is 2.46 bits per heavy atom. The van der Waals surface area contributed by atoms with E-state index in [9.17, 15) is 13.2 Å². The molecule has 0 bridgehead atoms. The molecule has 1 amide bonds. The lowest BCUT2D eigenvalue weighted by atomic mass is 10.2. The average molecular weight is 376 g/mol. The van der Waals surface area contributed by atoms with Crippen molar-refractivity contribution in [2.24, 2.45) is 0 Å². The molecule has 1 heterocycles. The number of hydrogen-bond donors (Lipinski definition) is 1. The molecule has 0 spiro atoms. The summed E-state index contributed by atoms with van der Waals surface area (Å²) >= 11 is 0. The molecule has 0 radical (unpaired) electrons. The Balaban J connectivity index is 1.72. The van der Waals surface area contributed by atoms with Gasteiger partial charge in [-0.15, -0.1) is 0 Å². The van der Waals surface area contributed by atoms with Gasteiger partial charge in [0.1, 0.15) is 5.75 Å². The van der Waals surface area contributed by atoms with Crippen LogP contribution in [-0.4, -0.2) is 52.0 Å². The first-order valence-electron chi connectivity index (χ1n) is 8.14. The van der Waals surface area contributed by atoms with Gasteiger partial charge in [-0.1, -0.05) is 6.07 Å². The fourth-order valence-electron chi connectivity index (χ4n) is 2.61. The van der Waals surface area contributed by atoms with Crippen LogP contribution in [0.25, 0.3) is 0 Å². The highest BCUT2D eigenvalue weighted by Gasteiger charge is 2.26. The zero-order valence-electron chi connectivity index (χ0n) is 14.3. The molecular weight excluding hydrogens is 356 g/mol. The predicted octanol–water partition coefficient (Wildman–Crippen LogP) is 1.97. The summed E-state index contributed by atoms with van der Waals surface area (Å²) in [6.45, 7) is 1.48. The van der Waals surface area contributed by atoms with E-state index in [1.165, 1.54) is 23.5 Å². The van der Waals surface area contributed by atoms with E-state index in [4.69, 9.17) is 9.47 Å². The first-order chi connectivity index (χ1) is 12.5. The third-order valence-corrected chi connectivity index (χ3v) is 5.96. The number of ether oxygens (including phenoxy) is 2. The summed E-state index contributed by atoms with van der Waals surface area (Å²) in [5.41, 5.74) is 0.966. The number of sulfonamides is 1. The smallest absolute Gasteiger partial charge is 0.255 e. The Morgan fingerprint density at radius 1 is 1.12 bits per heavy atom. The van der Waals surface area contributed by atoms with Crippen molar-refractivity contribution in [2.75, 3.05) is 38.7 Å². The third-order valence-electron chi connectivity index (χ3n) is 4.05. The van der Waals surface area contributed by atoms with Gasteiger partial charge >= 0.3 is 0 Å². The molecule has 1 aliphatic heterocycles. The number of nitrogens with one attached hydrogen (secondary N) is 1. The van der Waals surface area contributed by atoms with Gasteiger partial charge in [0.25, 0.3) is 5.91 Å². The summed E-state index contributed by atoms with van der Waals surface area (Å²) in [7, 11) is -2.01. The van der Waals surface area contributed by atoms with E-state index in [2.05, 4.69) is 5.32 Å². The maximum atomic E-state index is 12.6. The SMILES string of the molecule is COc1cccc(C(=O)Nc2ccc(S(=O)(=O)N3CCOCC3)cc2)c1. The molecular formula is C18H20N2O5S. The molecule has 1 aliphatic rings. The fraction of sp³-hybridized carbons (Fsp3) is 0.278. The Hall–Kier alpha value is -2.42. The number of methoxy groups -OCH3 is 1. The minimum Gasteiger partial charge on any atom is -0.497 e. The summed E-state index contributed by atoms with van der Waals surface area (Å²) in [4.78, 5) is 12.5. The molecule has 1 saturated heterocycles. The zero-order valence-corrected chi connectivity index (χ0v) is 15.2. The molecule has 26 heavy (non-hydrogen) atoms. The summed E-state index contributed by atoms with van der Waals surface area (Å²) in [5, 5.41) is 2.74. The van der Waals surface area contributed by atoms with E-state index in [-0.39, 0.29) is 10.8 Å². The van der Waals surface area contributed by atoms with Crippen LogP contribution in [0.1, 0.15) is 10.4 Å². The molecule has 1 fully saturated rings. The highest BCUT2D eigenvalue weighted by Crippen LogP contribution is 2.20. The van der Waals surface area contributed by atoms with Crippen LogP contribution < -0.4 is 10.1 Å². The Morgan fingerprint density at radius 2 is 1.81 bits per heavy atom. The van der Waals surface area contributed by atoms with Crippen LogP contribution in [-0.2, 0) is 14.8 Å². The second-order valence-corrected chi connectivity index (χ2v) is 7.66. The van der Waals surface area contributed by atoms with Crippen LogP contribution >= 0.6 is 0 Å². The van der Waals surface area contributed by atoms with Crippen molar-refractivity contribution in [1.29, 1.82) is 0 Å². The van der Waals surface area contributed by atoms with E-state index in [0.717, 1.165) is 0 Å². The number of carbonyl (C=O) groups excluding carboxylic acids is 1.